The molecule has 12 heavy (non-hydrogen) atoms. The molecule has 2 aromatic rings. The summed E-state index contributed by atoms with van der Waals surface area (Å²) in [7, 11) is 0. The predicted molar refractivity (Wildman–Crippen MR) is 50.3 cm³/mol. The quantitative estimate of drug-likeness (QED) is 0.617. The minimum atomic E-state index is 0.458. The van der Waals surface area contributed by atoms with E-state index in [1.807, 2.05) is 16.7 Å². The lowest BCUT2D eigenvalue weighted by atomic mass is 10.2. The SMILES string of the molecule is Cc1ccc2ncn(CCl)c2c1. The number of hydrogen-bond donors (Lipinski definition) is 0. The highest BCUT2D eigenvalue weighted by atomic mass is 35.5. The molecular formula is C9H9ClN2. The monoisotopic (exact) mass is 180 g/mol. The van der Waals surface area contributed by atoms with Crippen LogP contribution in [0.1, 0.15) is 5.56 Å². The van der Waals surface area contributed by atoms with E-state index in [-0.39, 0.29) is 0 Å². The number of rotatable bonds is 1. The van der Waals surface area contributed by atoms with Crippen LogP contribution in [0.4, 0.5) is 0 Å². The summed E-state index contributed by atoms with van der Waals surface area (Å²) in [6.07, 6.45) is 1.76. The molecule has 0 unspecified atom stereocenters. The van der Waals surface area contributed by atoms with Crippen molar-refractivity contribution in [3.05, 3.63) is 30.1 Å². The smallest absolute Gasteiger partial charge is 0.0986 e. The van der Waals surface area contributed by atoms with E-state index in [4.69, 9.17) is 11.6 Å². The molecule has 0 amide bonds. The maximum atomic E-state index is 5.72. The zero-order valence-corrected chi connectivity index (χ0v) is 7.54. The lowest BCUT2D eigenvalue weighted by Crippen LogP contribution is -1.88. The van der Waals surface area contributed by atoms with E-state index in [1.54, 1.807) is 6.33 Å². The Bertz CT molecular complexity index is 406. The van der Waals surface area contributed by atoms with Gasteiger partial charge in [-0.2, -0.15) is 0 Å². The molecule has 0 aliphatic carbocycles. The molecule has 0 aliphatic rings. The minimum absolute atomic E-state index is 0.458. The zero-order chi connectivity index (χ0) is 8.55. The van der Waals surface area contributed by atoms with Crippen LogP contribution in [0.15, 0.2) is 24.5 Å². The van der Waals surface area contributed by atoms with Gasteiger partial charge >= 0.3 is 0 Å². The topological polar surface area (TPSA) is 17.8 Å². The second-order valence-electron chi connectivity index (χ2n) is 2.83. The van der Waals surface area contributed by atoms with Crippen LogP contribution in [0, 0.1) is 6.92 Å². The lowest BCUT2D eigenvalue weighted by molar-refractivity contribution is 0.913. The Morgan fingerprint density at radius 2 is 2.33 bits per heavy atom. The van der Waals surface area contributed by atoms with E-state index in [2.05, 4.69) is 18.0 Å². The third-order valence-corrected chi connectivity index (χ3v) is 2.16. The summed E-state index contributed by atoms with van der Waals surface area (Å²) in [4.78, 5) is 4.21. The molecule has 1 heterocycles. The van der Waals surface area contributed by atoms with Gasteiger partial charge in [0.15, 0.2) is 0 Å². The van der Waals surface area contributed by atoms with Crippen LogP contribution >= 0.6 is 11.6 Å². The van der Waals surface area contributed by atoms with Crippen molar-refractivity contribution in [1.29, 1.82) is 0 Å². The number of fused-ring (bicyclic) bond motifs is 1. The van der Waals surface area contributed by atoms with Crippen molar-refractivity contribution in [2.45, 2.75) is 12.9 Å². The molecule has 2 rings (SSSR count). The van der Waals surface area contributed by atoms with Crippen LogP contribution in [0.2, 0.25) is 0 Å². The van der Waals surface area contributed by atoms with Gasteiger partial charge in [-0.25, -0.2) is 4.98 Å². The van der Waals surface area contributed by atoms with Gasteiger partial charge in [-0.15, -0.1) is 11.6 Å². The lowest BCUT2D eigenvalue weighted by Gasteiger charge is -1.97. The number of halogens is 1. The first kappa shape index (κ1) is 7.62. The fourth-order valence-electron chi connectivity index (χ4n) is 1.26. The average Bonchev–Trinajstić information content (AvgIpc) is 2.46. The van der Waals surface area contributed by atoms with E-state index in [9.17, 15) is 0 Å². The van der Waals surface area contributed by atoms with E-state index in [1.165, 1.54) is 5.56 Å². The number of benzene rings is 1. The molecule has 0 spiro atoms. The van der Waals surface area contributed by atoms with Gasteiger partial charge in [0, 0.05) is 0 Å². The van der Waals surface area contributed by atoms with E-state index in [0.717, 1.165) is 11.0 Å². The van der Waals surface area contributed by atoms with Gasteiger partial charge in [0.05, 0.1) is 23.4 Å². The van der Waals surface area contributed by atoms with Crippen molar-refractivity contribution in [3.8, 4) is 0 Å². The number of aromatic nitrogens is 2. The number of alkyl halides is 1. The maximum absolute atomic E-state index is 5.72. The molecule has 0 N–H and O–H groups in total. The molecule has 0 saturated carbocycles. The third kappa shape index (κ3) is 1.08. The zero-order valence-electron chi connectivity index (χ0n) is 6.79. The van der Waals surface area contributed by atoms with Gasteiger partial charge in [0.1, 0.15) is 0 Å². The van der Waals surface area contributed by atoms with Crippen molar-refractivity contribution in [2.24, 2.45) is 0 Å². The van der Waals surface area contributed by atoms with Crippen LogP contribution in [0.3, 0.4) is 0 Å². The highest BCUT2D eigenvalue weighted by Crippen LogP contribution is 2.14. The molecule has 62 valence electrons. The van der Waals surface area contributed by atoms with Gasteiger partial charge in [0.2, 0.25) is 0 Å². The van der Waals surface area contributed by atoms with Crippen molar-refractivity contribution < 1.29 is 0 Å². The van der Waals surface area contributed by atoms with Crippen LogP contribution < -0.4 is 0 Å². The van der Waals surface area contributed by atoms with E-state index < -0.39 is 0 Å². The largest absolute Gasteiger partial charge is 0.316 e. The van der Waals surface area contributed by atoms with Gasteiger partial charge in [0.25, 0.3) is 0 Å². The summed E-state index contributed by atoms with van der Waals surface area (Å²) in [5.41, 5.74) is 3.33. The predicted octanol–water partition coefficient (Wildman–Crippen LogP) is 2.54. The number of imidazole rings is 1. The molecule has 3 heteroatoms. The minimum Gasteiger partial charge on any atom is -0.316 e. The summed E-state index contributed by atoms with van der Waals surface area (Å²) >= 11 is 5.72. The van der Waals surface area contributed by atoms with Crippen molar-refractivity contribution in [3.63, 3.8) is 0 Å². The van der Waals surface area contributed by atoms with E-state index in [0.29, 0.717) is 6.00 Å². The maximum Gasteiger partial charge on any atom is 0.0986 e. The molecule has 0 atom stereocenters. The molecule has 0 aliphatic heterocycles. The molecule has 1 aromatic heterocycles. The average molecular weight is 181 g/mol. The first-order valence-electron chi connectivity index (χ1n) is 3.79. The number of nitrogens with zero attached hydrogens (tertiary/aromatic N) is 2. The third-order valence-electron chi connectivity index (χ3n) is 1.91. The molecule has 0 saturated heterocycles. The van der Waals surface area contributed by atoms with Gasteiger partial charge in [-0.05, 0) is 24.6 Å². The molecule has 0 fully saturated rings. The van der Waals surface area contributed by atoms with Crippen molar-refractivity contribution in [2.75, 3.05) is 0 Å². The summed E-state index contributed by atoms with van der Waals surface area (Å²) in [5, 5.41) is 0. The Morgan fingerprint density at radius 3 is 3.08 bits per heavy atom. The molecule has 0 radical (unpaired) electrons. The number of aryl methyl sites for hydroxylation is 1. The van der Waals surface area contributed by atoms with Crippen LogP contribution in [-0.4, -0.2) is 9.55 Å². The van der Waals surface area contributed by atoms with Crippen LogP contribution in [-0.2, 0) is 6.00 Å². The summed E-state index contributed by atoms with van der Waals surface area (Å²) in [6.45, 7) is 2.06. The Labute approximate surface area is 75.8 Å². The van der Waals surface area contributed by atoms with Crippen LogP contribution in [0.5, 0.6) is 0 Å². The molecule has 2 nitrogen and oxygen atoms in total. The Morgan fingerprint density at radius 1 is 1.50 bits per heavy atom. The number of hydrogen-bond acceptors (Lipinski definition) is 1. The first-order chi connectivity index (χ1) is 5.81. The van der Waals surface area contributed by atoms with E-state index >= 15 is 0 Å². The second kappa shape index (κ2) is 2.79. The Kier molecular flexibility index (Phi) is 1.77. The Hall–Kier alpha value is -1.02. The van der Waals surface area contributed by atoms with Gasteiger partial charge in [-0.1, -0.05) is 6.07 Å². The fraction of sp³-hybridized carbons (Fsp3) is 0.222. The molecule has 0 bridgehead atoms. The standard InChI is InChI=1S/C9H9ClN2/c1-7-2-3-8-9(4-7)12(5-10)6-11-8/h2-4,6H,5H2,1H3. The summed E-state index contributed by atoms with van der Waals surface area (Å²) < 4.78 is 1.92. The van der Waals surface area contributed by atoms with Crippen molar-refractivity contribution >= 4 is 22.6 Å². The second-order valence-corrected chi connectivity index (χ2v) is 3.07. The summed E-state index contributed by atoms with van der Waals surface area (Å²) in [5.74, 6) is 0. The molecule has 1 aromatic carbocycles. The highest BCUT2D eigenvalue weighted by molar-refractivity contribution is 6.15. The van der Waals surface area contributed by atoms with Crippen LogP contribution in [0.25, 0.3) is 11.0 Å². The molecular weight excluding hydrogens is 172 g/mol. The fourth-order valence-corrected chi connectivity index (χ4v) is 1.45. The van der Waals surface area contributed by atoms with Gasteiger partial charge < -0.3 is 4.57 Å². The van der Waals surface area contributed by atoms with Gasteiger partial charge in [-0.3, -0.25) is 0 Å². The highest BCUT2D eigenvalue weighted by Gasteiger charge is 1.99. The first-order valence-corrected chi connectivity index (χ1v) is 4.32. The Balaban J connectivity index is 2.75. The normalized spacial score (nSPS) is 10.8. The van der Waals surface area contributed by atoms with Crippen molar-refractivity contribution in [1.82, 2.24) is 9.55 Å². The summed E-state index contributed by atoms with van der Waals surface area (Å²) in [6, 6.07) is 6.60.